The van der Waals surface area contributed by atoms with Crippen LogP contribution in [-0.4, -0.2) is 56.4 Å². The van der Waals surface area contributed by atoms with Crippen molar-refractivity contribution in [2.24, 2.45) is 0 Å². The number of hydrogen-bond donors (Lipinski definition) is 0. The number of ether oxygens (including phenoxy) is 2. The Morgan fingerprint density at radius 2 is 2.08 bits per heavy atom. The number of fused-ring (bicyclic) bond motifs is 1. The molecule has 4 heterocycles. The second kappa shape index (κ2) is 6.66. The summed E-state index contributed by atoms with van der Waals surface area (Å²) < 4.78 is 25.9. The van der Waals surface area contributed by atoms with Crippen LogP contribution in [0.1, 0.15) is 29.6 Å². The van der Waals surface area contributed by atoms with Crippen molar-refractivity contribution in [1.29, 1.82) is 0 Å². The maximum absolute atomic E-state index is 12.9. The van der Waals surface area contributed by atoms with Gasteiger partial charge in [-0.2, -0.15) is 5.10 Å². The monoisotopic (exact) mass is 347 g/mol. The second-order valence-electron chi connectivity index (χ2n) is 6.11. The Balaban J connectivity index is 1.44. The molecule has 0 saturated carbocycles. The molecule has 4 rings (SSSR count). The molecule has 0 spiro atoms. The van der Waals surface area contributed by atoms with E-state index < -0.39 is 5.82 Å². The van der Waals surface area contributed by atoms with E-state index in [9.17, 15) is 9.18 Å². The van der Waals surface area contributed by atoms with Gasteiger partial charge in [-0.25, -0.2) is 19.0 Å². The molecule has 2 aliphatic rings. The number of rotatable bonds is 3. The molecule has 9 heteroatoms. The fraction of sp³-hybridized carbons (Fsp3) is 0.500. The Labute approximate surface area is 143 Å². The van der Waals surface area contributed by atoms with Crippen LogP contribution in [0.5, 0.6) is 11.9 Å². The number of carbonyl (C=O) groups is 1. The predicted octanol–water partition coefficient (Wildman–Crippen LogP) is 1.28. The third-order valence-electron chi connectivity index (χ3n) is 4.31. The number of amides is 1. The van der Waals surface area contributed by atoms with Gasteiger partial charge in [-0.1, -0.05) is 0 Å². The van der Waals surface area contributed by atoms with Gasteiger partial charge >= 0.3 is 6.01 Å². The highest BCUT2D eigenvalue weighted by Gasteiger charge is 2.30. The van der Waals surface area contributed by atoms with Crippen LogP contribution in [0, 0.1) is 5.82 Å². The first-order valence-corrected chi connectivity index (χ1v) is 8.33. The van der Waals surface area contributed by atoms with Crippen LogP contribution in [0.3, 0.4) is 0 Å². The third kappa shape index (κ3) is 3.26. The van der Waals surface area contributed by atoms with Crippen molar-refractivity contribution < 1.29 is 18.7 Å². The lowest BCUT2D eigenvalue weighted by Gasteiger charge is -2.32. The Bertz CT molecular complexity index is 764. The fourth-order valence-electron chi connectivity index (χ4n) is 3.12. The Hall–Kier alpha value is -2.71. The smallest absolute Gasteiger partial charge is 0.316 e. The van der Waals surface area contributed by atoms with Crippen LogP contribution < -0.4 is 9.47 Å². The molecule has 132 valence electrons. The summed E-state index contributed by atoms with van der Waals surface area (Å²) in [7, 11) is 0. The predicted molar refractivity (Wildman–Crippen MR) is 83.9 cm³/mol. The maximum atomic E-state index is 12.9. The van der Waals surface area contributed by atoms with Crippen LogP contribution in [0.25, 0.3) is 0 Å². The van der Waals surface area contributed by atoms with Gasteiger partial charge in [0, 0.05) is 19.5 Å². The Morgan fingerprint density at radius 3 is 2.92 bits per heavy atom. The summed E-state index contributed by atoms with van der Waals surface area (Å²) in [4.78, 5) is 22.2. The van der Waals surface area contributed by atoms with Crippen molar-refractivity contribution in [2.75, 3.05) is 19.7 Å². The van der Waals surface area contributed by atoms with Gasteiger partial charge in [-0.3, -0.25) is 4.79 Å². The molecule has 25 heavy (non-hydrogen) atoms. The summed E-state index contributed by atoms with van der Waals surface area (Å²) in [5.41, 5.74) is 0.485. The summed E-state index contributed by atoms with van der Waals surface area (Å²) in [5.74, 6) is -0.0867. The van der Waals surface area contributed by atoms with Crippen molar-refractivity contribution in [3.63, 3.8) is 0 Å². The van der Waals surface area contributed by atoms with Crippen LogP contribution in [-0.2, 0) is 6.54 Å². The summed E-state index contributed by atoms with van der Waals surface area (Å²) in [6, 6.07) is 0.118. The van der Waals surface area contributed by atoms with E-state index in [0.717, 1.165) is 38.2 Å². The summed E-state index contributed by atoms with van der Waals surface area (Å²) in [5, 5.41) is 4.23. The van der Waals surface area contributed by atoms with Crippen molar-refractivity contribution >= 4 is 5.91 Å². The molecule has 1 amide bonds. The molecule has 2 aromatic heterocycles. The number of piperidine rings is 1. The molecule has 0 bridgehead atoms. The average molecular weight is 347 g/mol. The lowest BCUT2D eigenvalue weighted by Crippen LogP contribution is -2.44. The summed E-state index contributed by atoms with van der Waals surface area (Å²) in [6.45, 7) is 2.42. The third-order valence-corrected chi connectivity index (χ3v) is 4.31. The molecule has 1 fully saturated rings. The van der Waals surface area contributed by atoms with Gasteiger partial charge in [0.2, 0.25) is 5.88 Å². The number of halogens is 1. The van der Waals surface area contributed by atoms with Gasteiger partial charge in [0.1, 0.15) is 11.7 Å². The highest BCUT2D eigenvalue weighted by molar-refractivity contribution is 5.96. The molecular weight excluding hydrogens is 329 g/mol. The molecule has 0 N–H and O–H groups in total. The van der Waals surface area contributed by atoms with Crippen LogP contribution in [0.15, 0.2) is 18.6 Å². The van der Waals surface area contributed by atoms with Crippen molar-refractivity contribution in [1.82, 2.24) is 24.6 Å². The number of aromatic nitrogens is 4. The number of nitrogens with zero attached hydrogens (tertiary/aromatic N) is 5. The highest BCUT2D eigenvalue weighted by Crippen LogP contribution is 2.25. The normalized spacial score (nSPS) is 19.9. The van der Waals surface area contributed by atoms with E-state index in [1.165, 1.54) is 0 Å². The number of hydrogen-bond acceptors (Lipinski definition) is 6. The first kappa shape index (κ1) is 15.8. The van der Waals surface area contributed by atoms with E-state index in [-0.39, 0.29) is 18.0 Å². The molecule has 0 radical (unpaired) electrons. The summed E-state index contributed by atoms with van der Waals surface area (Å²) in [6.07, 6.45) is 5.94. The standard InChI is InChI=1S/C16H18FN5O3/c17-11-7-18-16(19-8-11)25-12-3-1-4-21(10-12)14(23)13-9-20-22-5-2-6-24-15(13)22/h7-9,12H,1-6,10H2/t12-/m0/s1. The van der Waals surface area contributed by atoms with Gasteiger partial charge in [0.05, 0.1) is 31.7 Å². The van der Waals surface area contributed by atoms with Crippen molar-refractivity contribution in [2.45, 2.75) is 31.9 Å². The van der Waals surface area contributed by atoms with E-state index in [2.05, 4.69) is 15.1 Å². The van der Waals surface area contributed by atoms with Crippen molar-refractivity contribution in [3.8, 4) is 11.9 Å². The van der Waals surface area contributed by atoms with Gasteiger partial charge in [-0.05, 0) is 12.8 Å². The zero-order valence-corrected chi connectivity index (χ0v) is 13.6. The molecule has 2 aliphatic heterocycles. The fourth-order valence-corrected chi connectivity index (χ4v) is 3.12. The zero-order chi connectivity index (χ0) is 17.2. The molecule has 1 saturated heterocycles. The minimum atomic E-state index is -0.515. The SMILES string of the molecule is O=C(c1cnn2c1OCCC2)N1CCC[C@H](Oc2ncc(F)cn2)C1. The van der Waals surface area contributed by atoms with Gasteiger partial charge in [-0.15, -0.1) is 0 Å². The molecule has 1 atom stereocenters. The Kier molecular flexibility index (Phi) is 4.21. The van der Waals surface area contributed by atoms with Gasteiger partial charge in [0.25, 0.3) is 5.91 Å². The second-order valence-corrected chi connectivity index (χ2v) is 6.11. The first-order valence-electron chi connectivity index (χ1n) is 8.33. The van der Waals surface area contributed by atoms with E-state index in [0.29, 0.717) is 31.1 Å². The molecular formula is C16H18FN5O3. The first-order chi connectivity index (χ1) is 12.2. The number of aryl methyl sites for hydroxylation is 1. The van der Waals surface area contributed by atoms with Crippen LogP contribution in [0.2, 0.25) is 0 Å². The molecule has 0 aromatic carbocycles. The zero-order valence-electron chi connectivity index (χ0n) is 13.6. The minimum Gasteiger partial charge on any atom is -0.477 e. The molecule has 0 unspecified atom stereocenters. The molecule has 0 aliphatic carbocycles. The average Bonchev–Trinajstić information content (AvgIpc) is 3.07. The Morgan fingerprint density at radius 1 is 1.24 bits per heavy atom. The minimum absolute atomic E-state index is 0.114. The van der Waals surface area contributed by atoms with Gasteiger partial charge in [0.15, 0.2) is 5.82 Å². The highest BCUT2D eigenvalue weighted by atomic mass is 19.1. The topological polar surface area (TPSA) is 82.4 Å². The molecule has 8 nitrogen and oxygen atoms in total. The summed E-state index contributed by atoms with van der Waals surface area (Å²) >= 11 is 0. The van der Waals surface area contributed by atoms with E-state index >= 15 is 0 Å². The van der Waals surface area contributed by atoms with Crippen LogP contribution >= 0.6 is 0 Å². The van der Waals surface area contributed by atoms with E-state index in [1.807, 2.05) is 0 Å². The van der Waals surface area contributed by atoms with Gasteiger partial charge < -0.3 is 14.4 Å². The number of carbonyl (C=O) groups excluding carboxylic acids is 1. The quantitative estimate of drug-likeness (QED) is 0.832. The van der Waals surface area contributed by atoms with E-state index in [4.69, 9.17) is 9.47 Å². The largest absolute Gasteiger partial charge is 0.477 e. The van der Waals surface area contributed by atoms with E-state index in [1.54, 1.807) is 15.8 Å². The number of likely N-dealkylation sites (tertiary alicyclic amines) is 1. The van der Waals surface area contributed by atoms with Crippen LogP contribution in [0.4, 0.5) is 4.39 Å². The maximum Gasteiger partial charge on any atom is 0.316 e. The lowest BCUT2D eigenvalue weighted by atomic mass is 10.1. The lowest BCUT2D eigenvalue weighted by molar-refractivity contribution is 0.0510. The molecule has 2 aromatic rings. The van der Waals surface area contributed by atoms with Crippen molar-refractivity contribution in [3.05, 3.63) is 30.0 Å².